The molecule has 3 rings (SSSR count). The topological polar surface area (TPSA) is 75.4 Å². The smallest absolute Gasteiger partial charge is 0.240 e. The van der Waals surface area contributed by atoms with Gasteiger partial charge in [0.05, 0.1) is 17.1 Å². The van der Waals surface area contributed by atoms with Gasteiger partial charge in [0.2, 0.25) is 10.0 Å². The lowest BCUT2D eigenvalue weighted by molar-refractivity contribution is 0.0270. The van der Waals surface area contributed by atoms with Crippen molar-refractivity contribution in [3.8, 4) is 0 Å². The minimum Gasteiger partial charge on any atom is -0.360 e. The highest BCUT2D eigenvalue weighted by Crippen LogP contribution is 2.48. The first-order valence-corrected chi connectivity index (χ1v) is 10.4. The van der Waals surface area contributed by atoms with Crippen molar-refractivity contribution in [3.63, 3.8) is 0 Å². The molecule has 148 valence electrons. The number of halogens is 1. The molecule has 1 aromatic heterocycles. The minimum atomic E-state index is -3.67. The monoisotopic (exact) mass is 395 g/mol. The van der Waals surface area contributed by atoms with Crippen LogP contribution in [-0.2, 0) is 23.0 Å². The molecular formula is C19H26FN3O3S. The Morgan fingerprint density at radius 3 is 2.56 bits per heavy atom. The van der Waals surface area contributed by atoms with Gasteiger partial charge in [-0.2, -0.15) is 0 Å². The molecule has 1 aliphatic carbocycles. The lowest BCUT2D eigenvalue weighted by Crippen LogP contribution is -2.58. The molecule has 2 aromatic rings. The van der Waals surface area contributed by atoms with Crippen molar-refractivity contribution in [3.05, 3.63) is 47.6 Å². The fraction of sp³-hybridized carbons (Fsp3) is 0.526. The van der Waals surface area contributed by atoms with Crippen LogP contribution in [0.4, 0.5) is 4.39 Å². The Morgan fingerprint density at radius 2 is 1.96 bits per heavy atom. The van der Waals surface area contributed by atoms with Gasteiger partial charge in [-0.05, 0) is 62.5 Å². The number of sulfonamides is 1. The summed E-state index contributed by atoms with van der Waals surface area (Å²) in [5.41, 5.74) is 0.679. The van der Waals surface area contributed by atoms with Crippen LogP contribution in [0.2, 0.25) is 0 Å². The number of hydrogen-bond acceptors (Lipinski definition) is 5. The maximum atomic E-state index is 13.0. The second-order valence-electron chi connectivity index (χ2n) is 8.11. The van der Waals surface area contributed by atoms with E-state index in [-0.39, 0.29) is 16.4 Å². The minimum absolute atomic E-state index is 0.0768. The van der Waals surface area contributed by atoms with E-state index in [0.717, 1.165) is 36.4 Å². The molecule has 1 N–H and O–H groups in total. The Bertz CT molecular complexity index is 891. The molecule has 27 heavy (non-hydrogen) atoms. The zero-order valence-electron chi connectivity index (χ0n) is 16.1. The van der Waals surface area contributed by atoms with Crippen molar-refractivity contribution < 1.29 is 17.3 Å². The van der Waals surface area contributed by atoms with Gasteiger partial charge in [0.15, 0.2) is 5.76 Å². The molecule has 0 radical (unpaired) electrons. The van der Waals surface area contributed by atoms with Crippen molar-refractivity contribution in [2.45, 2.75) is 44.2 Å². The van der Waals surface area contributed by atoms with Crippen LogP contribution in [0.15, 0.2) is 39.8 Å². The van der Waals surface area contributed by atoms with E-state index in [1.807, 2.05) is 25.1 Å². The Hall–Kier alpha value is -1.77. The van der Waals surface area contributed by atoms with Gasteiger partial charge in [-0.3, -0.25) is 0 Å². The third-order valence-electron chi connectivity index (χ3n) is 5.43. The fourth-order valence-electron chi connectivity index (χ4n) is 3.52. The van der Waals surface area contributed by atoms with Crippen LogP contribution in [0.25, 0.3) is 0 Å². The van der Waals surface area contributed by atoms with E-state index in [0.29, 0.717) is 12.5 Å². The van der Waals surface area contributed by atoms with Crippen LogP contribution in [-0.4, -0.2) is 38.6 Å². The van der Waals surface area contributed by atoms with Crippen molar-refractivity contribution in [1.29, 1.82) is 0 Å². The van der Waals surface area contributed by atoms with Crippen molar-refractivity contribution in [1.82, 2.24) is 14.8 Å². The van der Waals surface area contributed by atoms with Crippen LogP contribution < -0.4 is 4.72 Å². The normalized spacial score (nSPS) is 22.0. The summed E-state index contributed by atoms with van der Waals surface area (Å²) in [6.45, 7) is 4.81. The number of nitrogens with zero attached hydrogens (tertiary/aromatic N) is 2. The van der Waals surface area contributed by atoms with Crippen LogP contribution in [0.1, 0.15) is 31.7 Å². The number of benzene rings is 1. The molecule has 2 unspecified atom stereocenters. The Kier molecular flexibility index (Phi) is 5.42. The number of hydrogen-bond donors (Lipinski definition) is 1. The predicted octanol–water partition coefficient (Wildman–Crippen LogP) is 2.81. The first-order valence-electron chi connectivity index (χ1n) is 8.95. The van der Waals surface area contributed by atoms with E-state index in [1.54, 1.807) is 0 Å². The zero-order chi connectivity index (χ0) is 19.8. The van der Waals surface area contributed by atoms with Crippen molar-refractivity contribution >= 4 is 10.0 Å². The third-order valence-corrected chi connectivity index (χ3v) is 6.91. The van der Waals surface area contributed by atoms with Gasteiger partial charge in [0.1, 0.15) is 5.82 Å². The van der Waals surface area contributed by atoms with Crippen molar-refractivity contribution in [2.24, 2.45) is 11.3 Å². The highest BCUT2D eigenvalue weighted by molar-refractivity contribution is 7.89. The maximum absolute atomic E-state index is 13.0. The van der Waals surface area contributed by atoms with Crippen LogP contribution in [0.5, 0.6) is 0 Å². The highest BCUT2D eigenvalue weighted by Gasteiger charge is 2.49. The molecule has 1 fully saturated rings. The van der Waals surface area contributed by atoms with E-state index >= 15 is 0 Å². The summed E-state index contributed by atoms with van der Waals surface area (Å²) in [5, 5.41) is 4.14. The van der Waals surface area contributed by atoms with Gasteiger partial charge < -0.3 is 9.42 Å². The molecule has 8 heteroatoms. The van der Waals surface area contributed by atoms with E-state index in [9.17, 15) is 12.8 Å². The summed E-state index contributed by atoms with van der Waals surface area (Å²) in [7, 11) is 0.264. The van der Waals surface area contributed by atoms with E-state index < -0.39 is 15.8 Å². The quantitative estimate of drug-likeness (QED) is 0.780. The predicted molar refractivity (Wildman–Crippen MR) is 100.0 cm³/mol. The Labute approximate surface area is 159 Å². The first-order chi connectivity index (χ1) is 12.6. The van der Waals surface area contributed by atoms with Gasteiger partial charge in [-0.1, -0.05) is 19.0 Å². The molecule has 2 atom stereocenters. The Morgan fingerprint density at radius 1 is 1.30 bits per heavy atom. The van der Waals surface area contributed by atoms with Gasteiger partial charge in [0.25, 0.3) is 0 Å². The largest absolute Gasteiger partial charge is 0.360 e. The maximum Gasteiger partial charge on any atom is 0.240 e. The molecule has 1 aliphatic rings. The van der Waals surface area contributed by atoms with Crippen LogP contribution >= 0.6 is 0 Å². The molecule has 1 heterocycles. The molecule has 0 spiro atoms. The Balaban J connectivity index is 1.62. The number of nitrogens with one attached hydrogen (secondary N) is 1. The standard InChI is InChI=1S/C19H26FN3O3S/c1-19(2)13(9-15-11-16(26-21-15)12-23(3)4)10-18(19)22-27(24,25)17-7-5-14(20)6-8-17/h5-8,11,13,18,22H,9-10,12H2,1-4H3. The molecule has 0 saturated heterocycles. The molecule has 6 nitrogen and oxygen atoms in total. The third kappa shape index (κ3) is 4.39. The van der Waals surface area contributed by atoms with Gasteiger partial charge in [-0.15, -0.1) is 0 Å². The van der Waals surface area contributed by atoms with Crippen LogP contribution in [0.3, 0.4) is 0 Å². The summed E-state index contributed by atoms with van der Waals surface area (Å²) in [4.78, 5) is 2.09. The average Bonchev–Trinajstić information content (AvgIpc) is 3.00. The van der Waals surface area contributed by atoms with E-state index in [4.69, 9.17) is 4.52 Å². The van der Waals surface area contributed by atoms with Gasteiger partial charge >= 0.3 is 0 Å². The van der Waals surface area contributed by atoms with Gasteiger partial charge in [-0.25, -0.2) is 17.5 Å². The lowest BCUT2D eigenvalue weighted by atomic mass is 9.57. The molecule has 0 amide bonds. The zero-order valence-corrected chi connectivity index (χ0v) is 16.9. The van der Waals surface area contributed by atoms with E-state index in [2.05, 4.69) is 23.7 Å². The van der Waals surface area contributed by atoms with E-state index in [1.165, 1.54) is 12.1 Å². The molecule has 1 saturated carbocycles. The SMILES string of the molecule is CN(C)Cc1cc(CC2CC(NS(=O)(=O)c3ccc(F)cc3)C2(C)C)no1. The second kappa shape index (κ2) is 7.33. The summed E-state index contributed by atoms with van der Waals surface area (Å²) in [5.74, 6) is 0.663. The molecular weight excluding hydrogens is 369 g/mol. The highest BCUT2D eigenvalue weighted by atomic mass is 32.2. The van der Waals surface area contributed by atoms with Crippen LogP contribution in [0, 0.1) is 17.2 Å². The summed E-state index contributed by atoms with van der Waals surface area (Å²) in [6.07, 6.45) is 1.47. The first kappa shape index (κ1) is 20.0. The summed E-state index contributed by atoms with van der Waals surface area (Å²) >= 11 is 0. The average molecular weight is 396 g/mol. The number of aromatic nitrogens is 1. The molecule has 0 aliphatic heterocycles. The molecule has 0 bridgehead atoms. The lowest BCUT2D eigenvalue weighted by Gasteiger charge is -2.52. The van der Waals surface area contributed by atoms with Gasteiger partial charge in [0, 0.05) is 12.1 Å². The summed E-state index contributed by atoms with van der Waals surface area (Å²) in [6, 6.07) is 6.65. The molecule has 1 aromatic carbocycles. The second-order valence-corrected chi connectivity index (χ2v) is 9.82. The number of rotatable bonds is 7. The summed E-state index contributed by atoms with van der Waals surface area (Å²) < 4.78 is 46.2. The fourth-order valence-corrected chi connectivity index (χ4v) is 4.93. The van der Waals surface area contributed by atoms with Crippen molar-refractivity contribution in [2.75, 3.05) is 14.1 Å².